The fraction of sp³-hybridized carbons (Fsp3) is 0.357. The molecule has 0 radical (unpaired) electrons. The van der Waals surface area contributed by atoms with Gasteiger partial charge >= 0.3 is 5.97 Å². The fourth-order valence-corrected chi connectivity index (χ4v) is 2.06. The van der Waals surface area contributed by atoms with E-state index in [-0.39, 0.29) is 19.4 Å². The lowest BCUT2D eigenvalue weighted by molar-refractivity contribution is -0.400. The van der Waals surface area contributed by atoms with E-state index >= 15 is 0 Å². The van der Waals surface area contributed by atoms with Gasteiger partial charge in [0.15, 0.2) is 6.29 Å². The summed E-state index contributed by atoms with van der Waals surface area (Å²) in [5.74, 6) is -1.80. The fourth-order valence-electron chi connectivity index (χ4n) is 2.06. The summed E-state index contributed by atoms with van der Waals surface area (Å²) in [6, 6.07) is 9.34. The van der Waals surface area contributed by atoms with Crippen LogP contribution in [0.3, 0.4) is 0 Å². The first-order valence-corrected chi connectivity index (χ1v) is 6.79. The van der Waals surface area contributed by atoms with Crippen LogP contribution in [0.1, 0.15) is 24.7 Å². The van der Waals surface area contributed by atoms with Crippen molar-refractivity contribution in [3.63, 3.8) is 0 Å². The van der Waals surface area contributed by atoms with Gasteiger partial charge in [-0.05, 0) is 0 Å². The smallest absolute Gasteiger partial charge is 0.329 e. The Morgan fingerprint density at radius 3 is 2.45 bits per heavy atom. The van der Waals surface area contributed by atoms with Crippen molar-refractivity contribution in [2.45, 2.75) is 25.5 Å². The first-order valence-electron chi connectivity index (χ1n) is 6.79. The van der Waals surface area contributed by atoms with Crippen molar-refractivity contribution in [3.8, 4) is 0 Å². The molecule has 2 aliphatic rings. The van der Waals surface area contributed by atoms with Gasteiger partial charge in [0, 0.05) is 18.4 Å². The highest BCUT2D eigenvalue weighted by molar-refractivity contribution is 6.01. The normalized spacial score (nSPS) is 24.3. The Labute approximate surface area is 125 Å². The highest BCUT2D eigenvalue weighted by Crippen LogP contribution is 2.29. The molecule has 0 atom stereocenters. The number of imide groups is 1. The molecular weight excluding hydrogens is 292 g/mol. The molecule has 2 amide bonds. The van der Waals surface area contributed by atoms with Crippen molar-refractivity contribution in [2.24, 2.45) is 0 Å². The molecule has 22 heavy (non-hydrogen) atoms. The van der Waals surface area contributed by atoms with E-state index in [1.54, 1.807) is 0 Å². The van der Waals surface area contributed by atoms with Crippen molar-refractivity contribution < 1.29 is 28.7 Å². The second kappa shape index (κ2) is 6.22. The Bertz CT molecular complexity index is 568. The number of benzene rings is 1. The van der Waals surface area contributed by atoms with E-state index in [4.69, 9.17) is 9.47 Å². The van der Waals surface area contributed by atoms with Crippen LogP contribution in [-0.2, 0) is 28.7 Å². The SMILES string of the molecule is O=C(CNC1OC(c2ccccc2)O1)ON1C(=O)CCC1=O. The zero-order valence-electron chi connectivity index (χ0n) is 11.6. The van der Waals surface area contributed by atoms with Crippen molar-refractivity contribution in [3.05, 3.63) is 35.9 Å². The van der Waals surface area contributed by atoms with E-state index in [2.05, 4.69) is 10.2 Å². The average Bonchev–Trinajstić information content (AvgIpc) is 2.78. The van der Waals surface area contributed by atoms with Gasteiger partial charge in [-0.3, -0.25) is 14.9 Å². The Morgan fingerprint density at radius 1 is 1.18 bits per heavy atom. The van der Waals surface area contributed by atoms with Gasteiger partial charge in [-0.1, -0.05) is 30.3 Å². The molecule has 0 saturated carbocycles. The summed E-state index contributed by atoms with van der Waals surface area (Å²) in [6.07, 6.45) is -1.08. The summed E-state index contributed by atoms with van der Waals surface area (Å²) in [5.41, 5.74) is 0.872. The molecule has 0 unspecified atom stereocenters. The molecule has 1 aromatic carbocycles. The standard InChI is InChI=1S/C14H14N2O6/c17-10-6-7-11(18)16(10)22-12(19)8-15-14-20-13(21-14)9-4-2-1-3-5-9/h1-5,13-15H,6-8H2. The van der Waals surface area contributed by atoms with Crippen LogP contribution < -0.4 is 5.32 Å². The number of hydroxylamine groups is 2. The van der Waals surface area contributed by atoms with Gasteiger partial charge in [0.2, 0.25) is 6.41 Å². The third-order valence-corrected chi connectivity index (χ3v) is 3.18. The van der Waals surface area contributed by atoms with E-state index in [1.807, 2.05) is 30.3 Å². The van der Waals surface area contributed by atoms with Crippen LogP contribution in [0.5, 0.6) is 0 Å². The lowest BCUT2D eigenvalue weighted by Gasteiger charge is -2.36. The summed E-state index contributed by atoms with van der Waals surface area (Å²) >= 11 is 0. The van der Waals surface area contributed by atoms with Gasteiger partial charge in [0.25, 0.3) is 11.8 Å². The van der Waals surface area contributed by atoms with E-state index in [0.717, 1.165) is 5.56 Å². The third kappa shape index (κ3) is 3.14. The van der Waals surface area contributed by atoms with Gasteiger partial charge in [-0.15, -0.1) is 5.06 Å². The molecule has 0 aliphatic carbocycles. The zero-order valence-corrected chi connectivity index (χ0v) is 11.6. The molecule has 0 bridgehead atoms. The van der Waals surface area contributed by atoms with Crippen molar-refractivity contribution in [1.29, 1.82) is 0 Å². The summed E-state index contributed by atoms with van der Waals surface area (Å²) in [4.78, 5) is 38.8. The molecule has 2 heterocycles. The lowest BCUT2D eigenvalue weighted by Crippen LogP contribution is -2.48. The number of hydrogen-bond acceptors (Lipinski definition) is 7. The van der Waals surface area contributed by atoms with E-state index in [1.165, 1.54) is 0 Å². The van der Waals surface area contributed by atoms with Gasteiger partial charge < -0.3 is 14.3 Å². The number of hydrogen-bond donors (Lipinski definition) is 1. The predicted octanol–water partition coefficient (Wildman–Crippen LogP) is 0.212. The van der Waals surface area contributed by atoms with Gasteiger partial charge in [0.1, 0.15) is 6.54 Å². The van der Waals surface area contributed by atoms with E-state index in [0.29, 0.717) is 5.06 Å². The minimum absolute atomic E-state index is 0.0626. The molecule has 1 aromatic rings. The number of carbonyl (C=O) groups is 3. The van der Waals surface area contributed by atoms with Crippen molar-refractivity contribution in [1.82, 2.24) is 10.4 Å². The maximum atomic E-state index is 11.5. The largest absolute Gasteiger partial charge is 0.346 e. The summed E-state index contributed by atoms with van der Waals surface area (Å²) in [5, 5.41) is 3.15. The van der Waals surface area contributed by atoms with Gasteiger partial charge in [-0.25, -0.2) is 4.79 Å². The summed E-state index contributed by atoms with van der Waals surface area (Å²) in [6.45, 7) is -0.247. The maximum Gasteiger partial charge on any atom is 0.346 e. The number of rotatable bonds is 5. The van der Waals surface area contributed by atoms with Crippen LogP contribution in [0.4, 0.5) is 0 Å². The van der Waals surface area contributed by atoms with Crippen molar-refractivity contribution in [2.75, 3.05) is 6.54 Å². The monoisotopic (exact) mass is 306 g/mol. The van der Waals surface area contributed by atoms with Crippen LogP contribution in [0.15, 0.2) is 30.3 Å². The van der Waals surface area contributed by atoms with Crippen LogP contribution >= 0.6 is 0 Å². The average molecular weight is 306 g/mol. The first-order chi connectivity index (χ1) is 10.6. The molecule has 2 aliphatic heterocycles. The van der Waals surface area contributed by atoms with Crippen LogP contribution in [0.25, 0.3) is 0 Å². The van der Waals surface area contributed by atoms with Gasteiger partial charge in [0.05, 0.1) is 0 Å². The molecule has 3 rings (SSSR count). The number of nitrogens with zero attached hydrogens (tertiary/aromatic N) is 1. The molecular formula is C14H14N2O6. The molecule has 8 heteroatoms. The second-order valence-corrected chi connectivity index (χ2v) is 4.77. The van der Waals surface area contributed by atoms with E-state index < -0.39 is 30.5 Å². The number of carbonyl (C=O) groups excluding carboxylic acids is 3. The Balaban J connectivity index is 1.38. The topological polar surface area (TPSA) is 94.2 Å². The highest BCUT2D eigenvalue weighted by atomic mass is 16.9. The minimum atomic E-state index is -0.765. The minimum Gasteiger partial charge on any atom is -0.329 e. The third-order valence-electron chi connectivity index (χ3n) is 3.18. The molecule has 8 nitrogen and oxygen atoms in total. The van der Waals surface area contributed by atoms with Gasteiger partial charge in [-0.2, -0.15) is 0 Å². The molecule has 2 fully saturated rings. The highest BCUT2D eigenvalue weighted by Gasteiger charge is 2.35. The van der Waals surface area contributed by atoms with Crippen LogP contribution in [0, 0.1) is 0 Å². The molecule has 116 valence electrons. The molecule has 0 aromatic heterocycles. The summed E-state index contributed by atoms with van der Waals surface area (Å²) in [7, 11) is 0. The Morgan fingerprint density at radius 2 is 1.82 bits per heavy atom. The predicted molar refractivity (Wildman–Crippen MR) is 70.3 cm³/mol. The maximum absolute atomic E-state index is 11.5. The van der Waals surface area contributed by atoms with E-state index in [9.17, 15) is 14.4 Å². The lowest BCUT2D eigenvalue weighted by atomic mass is 10.2. The number of amides is 2. The van der Waals surface area contributed by atoms with Crippen molar-refractivity contribution >= 4 is 17.8 Å². The summed E-state index contributed by atoms with van der Waals surface area (Å²) < 4.78 is 10.8. The molecule has 0 spiro atoms. The number of ether oxygens (including phenoxy) is 2. The Hall–Kier alpha value is -2.29. The quantitative estimate of drug-likeness (QED) is 0.777. The second-order valence-electron chi connectivity index (χ2n) is 4.77. The molecule has 1 N–H and O–H groups in total. The Kier molecular flexibility index (Phi) is 4.14. The zero-order chi connectivity index (χ0) is 15.5. The first kappa shape index (κ1) is 14.6. The van der Waals surface area contributed by atoms with Crippen LogP contribution in [-0.4, -0.2) is 35.8 Å². The number of nitrogens with one attached hydrogen (secondary N) is 1. The van der Waals surface area contributed by atoms with Crippen LogP contribution in [0.2, 0.25) is 0 Å². The molecule has 2 saturated heterocycles.